The van der Waals surface area contributed by atoms with Gasteiger partial charge in [-0.3, -0.25) is 4.98 Å². The Balaban J connectivity index is 2.63. The summed E-state index contributed by atoms with van der Waals surface area (Å²) in [7, 11) is 0. The van der Waals surface area contributed by atoms with Crippen molar-refractivity contribution >= 4 is 22.2 Å². The highest BCUT2D eigenvalue weighted by molar-refractivity contribution is 6.53. The number of allylic oxidation sites excluding steroid dienone is 1. The second kappa shape index (κ2) is 5.59. The third-order valence-electron chi connectivity index (χ3n) is 2.49. The molecule has 2 aromatic rings. The number of nitriles is 1. The van der Waals surface area contributed by atoms with Crippen LogP contribution in [0.15, 0.2) is 42.7 Å². The first-order chi connectivity index (χ1) is 9.15. The number of halogens is 3. The lowest BCUT2D eigenvalue weighted by molar-refractivity contribution is 0.507. The Hall–Kier alpha value is -2.25. The lowest BCUT2D eigenvalue weighted by Gasteiger charge is -2.06. The van der Waals surface area contributed by atoms with Crippen LogP contribution in [0.4, 0.5) is 8.78 Å². The highest BCUT2D eigenvalue weighted by atomic mass is 35.5. The van der Waals surface area contributed by atoms with Crippen LogP contribution >= 0.6 is 11.6 Å². The van der Waals surface area contributed by atoms with Crippen LogP contribution < -0.4 is 0 Å². The summed E-state index contributed by atoms with van der Waals surface area (Å²) in [4.78, 5) is 3.82. The van der Waals surface area contributed by atoms with Gasteiger partial charge in [0.2, 0.25) is 0 Å². The van der Waals surface area contributed by atoms with Crippen molar-refractivity contribution in [2.45, 2.75) is 0 Å². The third-order valence-corrected chi connectivity index (χ3v) is 2.88. The first-order valence-corrected chi connectivity index (χ1v) is 5.67. The van der Waals surface area contributed by atoms with Crippen LogP contribution in [-0.2, 0) is 0 Å². The van der Waals surface area contributed by atoms with Crippen LogP contribution in [0.2, 0.25) is 0 Å². The van der Waals surface area contributed by atoms with Crippen LogP contribution in [0.3, 0.4) is 0 Å². The van der Waals surface area contributed by atoms with Gasteiger partial charge in [-0.25, -0.2) is 8.78 Å². The number of pyridine rings is 1. The van der Waals surface area contributed by atoms with Crippen molar-refractivity contribution in [3.63, 3.8) is 0 Å². The van der Waals surface area contributed by atoms with Crippen molar-refractivity contribution < 1.29 is 8.78 Å². The molecule has 0 amide bonds. The van der Waals surface area contributed by atoms with E-state index in [4.69, 9.17) is 16.9 Å². The maximum Gasteiger partial charge on any atom is 0.167 e. The monoisotopic (exact) mass is 276 g/mol. The molecular formula is C14H7ClF2N2. The fraction of sp³-hybridized carbons (Fsp3) is 0. The minimum atomic E-state index is -1.07. The van der Waals surface area contributed by atoms with E-state index in [0.717, 1.165) is 6.07 Å². The molecule has 0 bridgehead atoms. The minimum Gasteiger partial charge on any atom is -0.265 e. The third kappa shape index (κ3) is 2.61. The van der Waals surface area contributed by atoms with Crippen LogP contribution in [0.25, 0.3) is 10.6 Å². The second-order valence-electron chi connectivity index (χ2n) is 3.64. The van der Waals surface area contributed by atoms with Crippen LogP contribution in [0.1, 0.15) is 11.1 Å². The van der Waals surface area contributed by atoms with Crippen molar-refractivity contribution in [1.82, 2.24) is 4.98 Å². The van der Waals surface area contributed by atoms with Gasteiger partial charge in [-0.15, -0.1) is 0 Å². The molecule has 0 aliphatic rings. The van der Waals surface area contributed by atoms with Gasteiger partial charge in [-0.05, 0) is 23.8 Å². The predicted molar refractivity (Wildman–Crippen MR) is 68.9 cm³/mol. The molecule has 0 unspecified atom stereocenters. The Morgan fingerprint density at radius 3 is 2.47 bits per heavy atom. The summed E-state index contributed by atoms with van der Waals surface area (Å²) < 4.78 is 26.8. The highest BCUT2D eigenvalue weighted by Crippen LogP contribution is 2.31. The van der Waals surface area contributed by atoms with Crippen LogP contribution in [0.5, 0.6) is 0 Å². The standard InChI is InChI=1S/C14H7ClF2N2/c15-13(10-2-1-3-12(16)14(10)17)11(8-18)9-4-6-19-7-5-9/h1-7H/b13-11+. The average molecular weight is 277 g/mol. The van der Waals surface area contributed by atoms with Gasteiger partial charge >= 0.3 is 0 Å². The topological polar surface area (TPSA) is 36.7 Å². The largest absolute Gasteiger partial charge is 0.265 e. The molecule has 5 heteroatoms. The zero-order valence-corrected chi connectivity index (χ0v) is 10.3. The molecule has 0 saturated heterocycles. The molecule has 19 heavy (non-hydrogen) atoms. The molecular weight excluding hydrogens is 270 g/mol. The molecule has 0 atom stereocenters. The van der Waals surface area contributed by atoms with E-state index in [2.05, 4.69) is 4.98 Å². The van der Waals surface area contributed by atoms with Gasteiger partial charge in [0.1, 0.15) is 6.07 Å². The molecule has 0 aliphatic heterocycles. The zero-order chi connectivity index (χ0) is 13.8. The van der Waals surface area contributed by atoms with E-state index >= 15 is 0 Å². The van der Waals surface area contributed by atoms with Crippen molar-refractivity contribution in [3.8, 4) is 6.07 Å². The normalized spacial score (nSPS) is 11.7. The van der Waals surface area contributed by atoms with Crippen LogP contribution in [0, 0.1) is 23.0 Å². The Labute approximate surface area is 113 Å². The number of aromatic nitrogens is 1. The SMILES string of the molecule is N#C/C(=C(\Cl)c1cccc(F)c1F)c1ccncc1. The zero-order valence-electron chi connectivity index (χ0n) is 9.57. The molecule has 2 nitrogen and oxygen atoms in total. The van der Waals surface area contributed by atoms with Crippen molar-refractivity contribution in [2.75, 3.05) is 0 Å². The molecule has 1 aromatic carbocycles. The molecule has 2 rings (SSSR count). The lowest BCUT2D eigenvalue weighted by Crippen LogP contribution is -1.93. The Morgan fingerprint density at radius 1 is 1.16 bits per heavy atom. The summed E-state index contributed by atoms with van der Waals surface area (Å²) in [5.74, 6) is -2.09. The summed E-state index contributed by atoms with van der Waals surface area (Å²) in [5, 5.41) is 9.01. The summed E-state index contributed by atoms with van der Waals surface area (Å²) in [5.41, 5.74) is 0.412. The smallest absolute Gasteiger partial charge is 0.167 e. The molecule has 0 spiro atoms. The van der Waals surface area contributed by atoms with Gasteiger partial charge in [-0.2, -0.15) is 5.26 Å². The van der Waals surface area contributed by atoms with Gasteiger partial charge in [0.15, 0.2) is 11.6 Å². The van der Waals surface area contributed by atoms with Crippen molar-refractivity contribution in [2.24, 2.45) is 0 Å². The van der Waals surface area contributed by atoms with Gasteiger partial charge in [-0.1, -0.05) is 23.7 Å². The molecule has 0 radical (unpaired) electrons. The molecule has 0 N–H and O–H groups in total. The maximum atomic E-state index is 13.6. The minimum absolute atomic E-state index is 0.0635. The summed E-state index contributed by atoms with van der Waals surface area (Å²) in [6.45, 7) is 0. The Bertz CT molecular complexity index is 676. The highest BCUT2D eigenvalue weighted by Gasteiger charge is 2.15. The number of rotatable bonds is 2. The summed E-state index contributed by atoms with van der Waals surface area (Å²) >= 11 is 6.01. The molecule has 94 valence electrons. The quantitative estimate of drug-likeness (QED) is 0.778. The van der Waals surface area contributed by atoms with E-state index in [-0.39, 0.29) is 16.2 Å². The van der Waals surface area contributed by atoms with Gasteiger partial charge < -0.3 is 0 Å². The fourth-order valence-corrected chi connectivity index (χ4v) is 1.86. The molecule has 0 saturated carbocycles. The molecule has 0 fully saturated rings. The number of hydrogen-bond acceptors (Lipinski definition) is 2. The van der Waals surface area contributed by atoms with Crippen LogP contribution in [-0.4, -0.2) is 4.98 Å². The first kappa shape index (κ1) is 13.2. The van der Waals surface area contributed by atoms with E-state index in [1.807, 2.05) is 6.07 Å². The van der Waals surface area contributed by atoms with E-state index in [1.54, 1.807) is 12.1 Å². The fourth-order valence-electron chi connectivity index (χ4n) is 1.57. The Kier molecular flexibility index (Phi) is 3.88. The van der Waals surface area contributed by atoms with Crippen molar-refractivity contribution in [1.29, 1.82) is 5.26 Å². The van der Waals surface area contributed by atoms with Gasteiger partial charge in [0.25, 0.3) is 0 Å². The van der Waals surface area contributed by atoms with E-state index in [1.165, 1.54) is 24.5 Å². The van der Waals surface area contributed by atoms with Gasteiger partial charge in [0.05, 0.1) is 10.6 Å². The average Bonchev–Trinajstić information content (AvgIpc) is 2.44. The van der Waals surface area contributed by atoms with Gasteiger partial charge in [0, 0.05) is 18.0 Å². The summed E-state index contributed by atoms with van der Waals surface area (Å²) in [6.07, 6.45) is 2.97. The number of hydrogen-bond donors (Lipinski definition) is 0. The molecule has 1 aromatic heterocycles. The predicted octanol–water partition coefficient (Wildman–Crippen LogP) is 3.99. The molecule has 1 heterocycles. The Morgan fingerprint density at radius 2 is 1.84 bits per heavy atom. The van der Waals surface area contributed by atoms with E-state index in [9.17, 15) is 8.78 Å². The van der Waals surface area contributed by atoms with Crippen molar-refractivity contribution in [3.05, 3.63) is 65.5 Å². The second-order valence-corrected chi connectivity index (χ2v) is 4.02. The van der Waals surface area contributed by atoms with E-state index in [0.29, 0.717) is 5.56 Å². The number of benzene rings is 1. The summed E-state index contributed by atoms with van der Waals surface area (Å²) in [6, 6.07) is 8.67. The lowest BCUT2D eigenvalue weighted by atomic mass is 10.0. The molecule has 0 aliphatic carbocycles. The maximum absolute atomic E-state index is 13.6. The number of nitrogens with zero attached hydrogens (tertiary/aromatic N) is 2. The van der Waals surface area contributed by atoms with E-state index < -0.39 is 11.6 Å². The first-order valence-electron chi connectivity index (χ1n) is 5.29.